The fourth-order valence-corrected chi connectivity index (χ4v) is 8.20. The maximum absolute atomic E-state index is 13.1. The lowest BCUT2D eigenvalue weighted by atomic mass is 9.85. The molecule has 0 radical (unpaired) electrons. The molecule has 1 aromatic heterocycles. The summed E-state index contributed by atoms with van der Waals surface area (Å²) in [5, 5.41) is 9.14. The highest BCUT2D eigenvalue weighted by Gasteiger charge is 2.48. The maximum Gasteiger partial charge on any atom is 0.331 e. The molecule has 13 nitrogen and oxygen atoms in total. The third-order valence-corrected chi connectivity index (χ3v) is 10.9. The van der Waals surface area contributed by atoms with E-state index in [9.17, 15) is 14.2 Å². The largest absolute Gasteiger partial charge is 0.467 e. The fourth-order valence-electron chi connectivity index (χ4n) is 4.89. The maximum atomic E-state index is 13.1. The number of allylic oxidation sites excluding steroid dienone is 1. The molecule has 0 aromatic carbocycles. The van der Waals surface area contributed by atoms with Crippen molar-refractivity contribution in [2.75, 3.05) is 33.1 Å². The Morgan fingerprint density at radius 3 is 2.33 bits per heavy atom. The van der Waals surface area contributed by atoms with Crippen molar-refractivity contribution >= 4 is 16.1 Å². The average molecular weight is 647 g/mol. The van der Waals surface area contributed by atoms with Crippen LogP contribution >= 0.6 is 16.1 Å². The van der Waals surface area contributed by atoms with Crippen LogP contribution in [0.15, 0.2) is 33.4 Å². The van der Waals surface area contributed by atoms with Gasteiger partial charge in [-0.25, -0.2) is 9.46 Å². The van der Waals surface area contributed by atoms with Crippen molar-refractivity contribution in [3.8, 4) is 6.07 Å². The zero-order valence-electron chi connectivity index (χ0n) is 26.8. The van der Waals surface area contributed by atoms with E-state index in [0.29, 0.717) is 24.4 Å². The Morgan fingerprint density at radius 1 is 1.19 bits per heavy atom. The first-order valence-electron chi connectivity index (χ1n) is 14.6. The van der Waals surface area contributed by atoms with Crippen LogP contribution in [0.2, 0.25) is 0 Å². The van der Waals surface area contributed by atoms with Crippen LogP contribution in [0.3, 0.4) is 0 Å². The molecule has 1 aliphatic rings. The van der Waals surface area contributed by atoms with Crippen LogP contribution in [0.5, 0.6) is 0 Å². The lowest BCUT2D eigenvalue weighted by molar-refractivity contribution is -0.0425. The van der Waals surface area contributed by atoms with Crippen molar-refractivity contribution in [3.05, 3.63) is 44.6 Å². The van der Waals surface area contributed by atoms with Crippen LogP contribution in [0, 0.1) is 16.7 Å². The van der Waals surface area contributed by atoms with E-state index in [4.69, 9.17) is 32.8 Å². The fraction of sp³-hybridized carbons (Fsp3) is 0.750. The monoisotopic (exact) mass is 646 g/mol. The van der Waals surface area contributed by atoms with Crippen LogP contribution in [0.1, 0.15) is 80.9 Å². The summed E-state index contributed by atoms with van der Waals surface area (Å²) in [7, 11) is -3.51. The molecule has 2 heterocycles. The summed E-state index contributed by atoms with van der Waals surface area (Å²) in [6, 6.07) is 3.41. The van der Waals surface area contributed by atoms with Gasteiger partial charge in [0.2, 0.25) is 6.23 Å². The molecular weight excluding hydrogens is 598 g/mol. The molecule has 0 amide bonds. The number of hydrogen-bond donors (Lipinski definition) is 1. The van der Waals surface area contributed by atoms with Gasteiger partial charge < -0.3 is 27.6 Å². The van der Waals surface area contributed by atoms with E-state index in [1.807, 2.05) is 41.5 Å². The quantitative estimate of drug-likeness (QED) is 0.146. The SMILES string of the molecule is CCOP(=O)(CCCC(C)(C)C1=C(OP(OCCC#N)N(C(C)C)C(C)C)C(OC)[C@H](n2ccc(=O)[nH]c2=O)O1)OCC. The number of ether oxygens (including phenoxy) is 2. The van der Waals surface area contributed by atoms with E-state index in [0.717, 1.165) is 0 Å². The van der Waals surface area contributed by atoms with Gasteiger partial charge in [0.25, 0.3) is 5.56 Å². The van der Waals surface area contributed by atoms with E-state index in [-0.39, 0.29) is 44.5 Å². The van der Waals surface area contributed by atoms with Crippen LogP contribution < -0.4 is 11.2 Å². The molecular formula is C28H48N4O9P2. The summed E-state index contributed by atoms with van der Waals surface area (Å²) >= 11 is 0. The number of aromatic amines is 1. The van der Waals surface area contributed by atoms with Gasteiger partial charge in [0.15, 0.2) is 11.9 Å². The molecule has 0 spiro atoms. The first kappa shape index (κ1) is 37.2. The number of nitrogens with zero attached hydrogens (tertiary/aromatic N) is 3. The highest BCUT2D eigenvalue weighted by molar-refractivity contribution is 7.53. The lowest BCUT2D eigenvalue weighted by Crippen LogP contribution is -2.37. The summed E-state index contributed by atoms with van der Waals surface area (Å²) in [6.07, 6.45) is 0.893. The molecule has 244 valence electrons. The van der Waals surface area contributed by atoms with Gasteiger partial charge in [0.05, 0.1) is 38.5 Å². The minimum Gasteiger partial charge on any atom is -0.467 e. The predicted octanol–water partition coefficient (Wildman–Crippen LogP) is 5.66. The number of methoxy groups -OCH3 is 1. The second-order valence-corrected chi connectivity index (χ2v) is 14.7. The number of nitrogens with one attached hydrogen (secondary N) is 1. The Balaban J connectivity index is 2.58. The van der Waals surface area contributed by atoms with Gasteiger partial charge in [0, 0.05) is 36.9 Å². The summed E-state index contributed by atoms with van der Waals surface area (Å²) < 4.78 is 52.6. The number of H-pyrrole nitrogens is 1. The molecule has 0 saturated heterocycles. The summed E-state index contributed by atoms with van der Waals surface area (Å²) in [5.74, 6) is 0.789. The highest BCUT2D eigenvalue weighted by atomic mass is 31.2. The van der Waals surface area contributed by atoms with E-state index in [1.165, 1.54) is 23.9 Å². The van der Waals surface area contributed by atoms with Gasteiger partial charge >= 0.3 is 21.8 Å². The van der Waals surface area contributed by atoms with Gasteiger partial charge in [-0.15, -0.1) is 0 Å². The topological polar surface area (TPSA) is 154 Å². The van der Waals surface area contributed by atoms with E-state index in [2.05, 4.69) is 15.7 Å². The Labute approximate surface area is 255 Å². The van der Waals surface area contributed by atoms with Crippen molar-refractivity contribution in [2.45, 2.75) is 99.1 Å². The molecule has 1 aromatic rings. The van der Waals surface area contributed by atoms with Crippen LogP contribution in [0.25, 0.3) is 0 Å². The van der Waals surface area contributed by atoms with E-state index >= 15 is 0 Å². The van der Waals surface area contributed by atoms with E-state index in [1.54, 1.807) is 13.8 Å². The molecule has 1 aliphatic heterocycles. The van der Waals surface area contributed by atoms with Gasteiger partial charge in [-0.3, -0.25) is 18.9 Å². The van der Waals surface area contributed by atoms with E-state index < -0.39 is 45.1 Å². The van der Waals surface area contributed by atoms with Crippen molar-refractivity contribution in [2.24, 2.45) is 5.41 Å². The Hall–Kier alpha value is -2.03. The van der Waals surface area contributed by atoms with Crippen molar-refractivity contribution < 1.29 is 32.1 Å². The minimum atomic E-state index is -3.26. The van der Waals surface area contributed by atoms with Crippen molar-refractivity contribution in [3.63, 3.8) is 0 Å². The molecule has 43 heavy (non-hydrogen) atoms. The predicted molar refractivity (Wildman–Crippen MR) is 164 cm³/mol. The number of rotatable bonds is 19. The molecule has 1 N–H and O–H groups in total. The summed E-state index contributed by atoms with van der Waals surface area (Å²) in [4.78, 5) is 26.9. The lowest BCUT2D eigenvalue weighted by Gasteiger charge is -2.36. The summed E-state index contributed by atoms with van der Waals surface area (Å²) in [6.45, 7) is 16.3. The Morgan fingerprint density at radius 2 is 1.81 bits per heavy atom. The molecule has 2 unspecified atom stereocenters. The van der Waals surface area contributed by atoms with Gasteiger partial charge in [0.1, 0.15) is 5.76 Å². The number of hydrogen-bond acceptors (Lipinski definition) is 11. The first-order chi connectivity index (χ1) is 20.2. The average Bonchev–Trinajstić information content (AvgIpc) is 3.27. The third kappa shape index (κ3) is 9.98. The molecule has 0 saturated carbocycles. The van der Waals surface area contributed by atoms with Crippen LogP contribution in [-0.4, -0.2) is 65.5 Å². The molecule has 0 bridgehead atoms. The molecule has 0 aliphatic carbocycles. The van der Waals surface area contributed by atoms with Crippen LogP contribution in [-0.2, 0) is 32.1 Å². The Bertz CT molecular complexity index is 1250. The second-order valence-electron chi connectivity index (χ2n) is 11.2. The smallest absolute Gasteiger partial charge is 0.331 e. The molecule has 15 heteroatoms. The zero-order valence-corrected chi connectivity index (χ0v) is 28.6. The standard InChI is InChI=1S/C28H48N4O9P2/c1-10-38-43(35,39-11-2)19-12-15-28(7,8)25-23(41-42(37-18-13-16-29)32(20(3)4)21(5)6)24(36-9)26(40-25)31-17-14-22(33)30-27(31)34/h14,17,20-21,24,26H,10-13,15,18-19H2,1-9H3,(H,30,33,34)/t24?,26-,42?/m1/s1. The van der Waals surface area contributed by atoms with Gasteiger partial charge in [-0.1, -0.05) is 13.8 Å². The Kier molecular flexibility index (Phi) is 14.6. The molecule has 2 rings (SSSR count). The number of nitriles is 1. The highest BCUT2D eigenvalue weighted by Crippen LogP contribution is 2.55. The van der Waals surface area contributed by atoms with Crippen molar-refractivity contribution in [1.82, 2.24) is 14.2 Å². The molecule has 3 atom stereocenters. The molecule has 0 fully saturated rings. The first-order valence-corrected chi connectivity index (χ1v) is 17.5. The third-order valence-electron chi connectivity index (χ3n) is 6.70. The minimum absolute atomic E-state index is 0.0393. The van der Waals surface area contributed by atoms with Gasteiger partial charge in [-0.2, -0.15) is 5.26 Å². The second kappa shape index (κ2) is 16.9. The zero-order chi connectivity index (χ0) is 32.4. The number of aromatic nitrogens is 2. The summed E-state index contributed by atoms with van der Waals surface area (Å²) in [5.41, 5.74) is -1.89. The van der Waals surface area contributed by atoms with Gasteiger partial charge in [-0.05, 0) is 54.4 Å². The van der Waals surface area contributed by atoms with Crippen LogP contribution in [0.4, 0.5) is 0 Å². The van der Waals surface area contributed by atoms with Crippen molar-refractivity contribution in [1.29, 1.82) is 5.26 Å². The normalized spacial score (nSPS) is 18.4.